The van der Waals surface area contributed by atoms with Crippen molar-refractivity contribution in [2.45, 2.75) is 25.7 Å². The summed E-state index contributed by atoms with van der Waals surface area (Å²) in [4.78, 5) is 4.77. The van der Waals surface area contributed by atoms with Gasteiger partial charge in [-0.1, -0.05) is 44.2 Å². The van der Waals surface area contributed by atoms with Gasteiger partial charge in [0.2, 0.25) is 0 Å². The third-order valence-electron chi connectivity index (χ3n) is 4.03. The fourth-order valence-electron chi connectivity index (χ4n) is 2.46. The van der Waals surface area contributed by atoms with Crippen LogP contribution in [0.1, 0.15) is 25.2 Å². The Labute approximate surface area is 150 Å². The van der Waals surface area contributed by atoms with Crippen LogP contribution in [0.25, 0.3) is 0 Å². The first kappa shape index (κ1) is 19.1. The van der Waals surface area contributed by atoms with Gasteiger partial charge in [0.05, 0.1) is 19.4 Å². The van der Waals surface area contributed by atoms with E-state index < -0.39 is 0 Å². The Balaban J connectivity index is 1.93. The highest BCUT2D eigenvalue weighted by Gasteiger charge is 2.20. The molecule has 136 valence electrons. The number of nitrogens with one attached hydrogen (secondary N) is 2. The van der Waals surface area contributed by atoms with Crippen LogP contribution in [0, 0.1) is 0 Å². The van der Waals surface area contributed by atoms with Gasteiger partial charge >= 0.3 is 0 Å². The number of rotatable bonds is 9. The van der Waals surface area contributed by atoms with E-state index in [4.69, 9.17) is 14.1 Å². The second-order valence-electron chi connectivity index (χ2n) is 6.59. The number of guanidine groups is 1. The molecule has 0 amide bonds. The van der Waals surface area contributed by atoms with Gasteiger partial charge in [0, 0.05) is 32.0 Å². The highest BCUT2D eigenvalue weighted by Crippen LogP contribution is 2.22. The van der Waals surface area contributed by atoms with Gasteiger partial charge in [-0.05, 0) is 17.7 Å². The molecular weight excluding hydrogens is 314 g/mol. The number of aliphatic imine (C=N–C) groups is 1. The van der Waals surface area contributed by atoms with Crippen molar-refractivity contribution in [3.05, 3.63) is 60.1 Å². The maximum absolute atomic E-state index is 5.37. The Kier molecular flexibility index (Phi) is 7.54. The van der Waals surface area contributed by atoms with Crippen molar-refractivity contribution in [1.29, 1.82) is 0 Å². The van der Waals surface area contributed by atoms with Crippen LogP contribution >= 0.6 is 0 Å². The average Bonchev–Trinajstić information content (AvgIpc) is 3.13. The molecule has 0 bridgehead atoms. The van der Waals surface area contributed by atoms with E-state index in [9.17, 15) is 0 Å². The minimum absolute atomic E-state index is 0.0296. The van der Waals surface area contributed by atoms with E-state index in [-0.39, 0.29) is 5.41 Å². The van der Waals surface area contributed by atoms with Crippen LogP contribution in [0.2, 0.25) is 0 Å². The van der Waals surface area contributed by atoms with Crippen LogP contribution in [0.5, 0.6) is 0 Å². The van der Waals surface area contributed by atoms with E-state index in [1.165, 1.54) is 5.56 Å². The van der Waals surface area contributed by atoms with Crippen molar-refractivity contribution >= 4 is 5.96 Å². The smallest absolute Gasteiger partial charge is 0.191 e. The molecule has 0 radical (unpaired) electrons. The zero-order valence-electron chi connectivity index (χ0n) is 15.4. The van der Waals surface area contributed by atoms with Crippen LogP contribution in [-0.2, 0) is 16.6 Å². The molecule has 0 aliphatic heterocycles. The maximum Gasteiger partial charge on any atom is 0.191 e. The summed E-state index contributed by atoms with van der Waals surface area (Å²) >= 11 is 0. The lowest BCUT2D eigenvalue weighted by Gasteiger charge is -2.24. The number of furan rings is 1. The third kappa shape index (κ3) is 6.63. The van der Waals surface area contributed by atoms with Gasteiger partial charge in [0.25, 0.3) is 0 Å². The second kappa shape index (κ2) is 9.89. The molecule has 0 saturated heterocycles. The van der Waals surface area contributed by atoms with E-state index in [0.717, 1.165) is 31.2 Å². The molecule has 0 saturated carbocycles. The summed E-state index contributed by atoms with van der Waals surface area (Å²) in [5.74, 6) is 1.76. The average molecular weight is 343 g/mol. The number of ether oxygens (including phenoxy) is 1. The normalized spacial score (nSPS) is 12.2. The van der Waals surface area contributed by atoms with E-state index >= 15 is 0 Å². The summed E-state index contributed by atoms with van der Waals surface area (Å²) in [5.41, 5.74) is 1.25. The lowest BCUT2D eigenvalue weighted by molar-refractivity contribution is 0.203. The second-order valence-corrected chi connectivity index (χ2v) is 6.59. The number of methoxy groups -OCH3 is 1. The molecule has 0 unspecified atom stereocenters. The summed E-state index contributed by atoms with van der Waals surface area (Å²) in [6, 6.07) is 14.4. The standard InChI is InChI=1S/C20H29N3O2/c1-20(2,17-8-5-4-6-9-17)16-23-19(22-13-15-24-3)21-12-11-18-10-7-14-25-18/h4-10,14H,11-13,15-16H2,1-3H3,(H2,21,22,23). The highest BCUT2D eigenvalue weighted by atomic mass is 16.5. The quantitative estimate of drug-likeness (QED) is 0.417. The molecule has 0 aliphatic carbocycles. The summed E-state index contributed by atoms with van der Waals surface area (Å²) in [5, 5.41) is 6.67. The van der Waals surface area contributed by atoms with Crippen molar-refractivity contribution in [3.8, 4) is 0 Å². The zero-order valence-corrected chi connectivity index (χ0v) is 15.4. The van der Waals surface area contributed by atoms with Crippen LogP contribution in [0.4, 0.5) is 0 Å². The van der Waals surface area contributed by atoms with Crippen LogP contribution in [0.15, 0.2) is 58.1 Å². The molecule has 1 heterocycles. The molecule has 0 aliphatic rings. The van der Waals surface area contributed by atoms with Crippen molar-refractivity contribution in [2.75, 3.05) is 33.4 Å². The minimum Gasteiger partial charge on any atom is -0.469 e. The monoisotopic (exact) mass is 343 g/mol. The highest BCUT2D eigenvalue weighted by molar-refractivity contribution is 5.79. The molecule has 2 rings (SSSR count). The Morgan fingerprint density at radius 1 is 1.08 bits per heavy atom. The maximum atomic E-state index is 5.37. The molecule has 0 atom stereocenters. The summed E-state index contributed by atoms with van der Waals surface area (Å²) in [7, 11) is 1.70. The molecule has 2 aromatic rings. The summed E-state index contributed by atoms with van der Waals surface area (Å²) in [6.07, 6.45) is 2.52. The lowest BCUT2D eigenvalue weighted by Crippen LogP contribution is -2.41. The largest absolute Gasteiger partial charge is 0.469 e. The van der Waals surface area contributed by atoms with Gasteiger partial charge in [-0.25, -0.2) is 0 Å². The Morgan fingerprint density at radius 2 is 1.84 bits per heavy atom. The zero-order chi connectivity index (χ0) is 18.0. The third-order valence-corrected chi connectivity index (χ3v) is 4.03. The summed E-state index contributed by atoms with van der Waals surface area (Å²) in [6.45, 7) is 7.23. The van der Waals surface area contributed by atoms with Crippen molar-refractivity contribution in [3.63, 3.8) is 0 Å². The SMILES string of the molecule is COCCNC(=NCC(C)(C)c1ccccc1)NCCc1ccco1. The topological polar surface area (TPSA) is 58.8 Å². The van der Waals surface area contributed by atoms with Gasteiger partial charge in [-0.15, -0.1) is 0 Å². The van der Waals surface area contributed by atoms with Crippen molar-refractivity contribution in [2.24, 2.45) is 4.99 Å². The van der Waals surface area contributed by atoms with Gasteiger partial charge in [-0.3, -0.25) is 4.99 Å². The van der Waals surface area contributed by atoms with Crippen LogP contribution in [-0.4, -0.2) is 39.3 Å². The predicted octanol–water partition coefficient (Wildman–Crippen LogP) is 2.98. The Hall–Kier alpha value is -2.27. The molecule has 25 heavy (non-hydrogen) atoms. The van der Waals surface area contributed by atoms with Gasteiger partial charge in [-0.2, -0.15) is 0 Å². The molecule has 2 N–H and O–H groups in total. The van der Waals surface area contributed by atoms with Crippen LogP contribution in [0.3, 0.4) is 0 Å². The van der Waals surface area contributed by atoms with Crippen molar-refractivity contribution in [1.82, 2.24) is 10.6 Å². The number of hydrogen-bond acceptors (Lipinski definition) is 3. The molecule has 0 spiro atoms. The fraction of sp³-hybridized carbons (Fsp3) is 0.450. The lowest BCUT2D eigenvalue weighted by atomic mass is 9.85. The molecule has 1 aromatic heterocycles. The van der Waals surface area contributed by atoms with E-state index in [0.29, 0.717) is 13.2 Å². The first-order valence-corrected chi connectivity index (χ1v) is 8.71. The van der Waals surface area contributed by atoms with Gasteiger partial charge < -0.3 is 19.8 Å². The van der Waals surface area contributed by atoms with Gasteiger partial charge in [0.1, 0.15) is 5.76 Å². The number of benzene rings is 1. The number of hydrogen-bond donors (Lipinski definition) is 2. The Morgan fingerprint density at radius 3 is 2.52 bits per heavy atom. The minimum atomic E-state index is -0.0296. The first-order valence-electron chi connectivity index (χ1n) is 8.71. The molecule has 1 aromatic carbocycles. The number of nitrogens with zero attached hydrogens (tertiary/aromatic N) is 1. The van der Waals surface area contributed by atoms with E-state index in [1.54, 1.807) is 13.4 Å². The summed E-state index contributed by atoms with van der Waals surface area (Å²) < 4.78 is 10.5. The molecule has 5 heteroatoms. The Bertz CT molecular complexity index is 622. The van der Waals surface area contributed by atoms with Crippen LogP contribution < -0.4 is 10.6 Å². The molecule has 0 fully saturated rings. The van der Waals surface area contributed by atoms with Crippen molar-refractivity contribution < 1.29 is 9.15 Å². The fourth-order valence-corrected chi connectivity index (χ4v) is 2.46. The molecular formula is C20H29N3O2. The first-order chi connectivity index (χ1) is 12.1. The molecule has 5 nitrogen and oxygen atoms in total. The van der Waals surface area contributed by atoms with Gasteiger partial charge in [0.15, 0.2) is 5.96 Å². The van der Waals surface area contributed by atoms with E-state index in [2.05, 4.69) is 48.7 Å². The predicted molar refractivity (Wildman–Crippen MR) is 102 cm³/mol. The van der Waals surface area contributed by atoms with E-state index in [1.807, 2.05) is 18.2 Å².